The molecule has 0 amide bonds. The van der Waals surface area contributed by atoms with E-state index in [1.807, 2.05) is 0 Å². The molecule has 0 aromatic carbocycles. The van der Waals surface area contributed by atoms with E-state index in [2.05, 4.69) is 13.2 Å². The largest absolute Gasteiger partial charge is 0.359 e. The van der Waals surface area contributed by atoms with Crippen LogP contribution in [0.2, 0.25) is 0 Å². The molecule has 1 rings (SSSR count). The first-order valence-electron chi connectivity index (χ1n) is 3.69. The Labute approximate surface area is 73.1 Å². The first-order valence-corrected chi connectivity index (χ1v) is 3.69. The monoisotopic (exact) mass is 176 g/mol. The van der Waals surface area contributed by atoms with Crippen LogP contribution in [0.3, 0.4) is 0 Å². The molecular formula is C8H16O4. The van der Waals surface area contributed by atoms with Gasteiger partial charge in [-0.15, -0.1) is 13.2 Å². The van der Waals surface area contributed by atoms with Crippen molar-refractivity contribution in [1.82, 2.24) is 0 Å². The number of hydrogen-bond acceptors (Lipinski definition) is 4. The van der Waals surface area contributed by atoms with Crippen molar-refractivity contribution >= 4 is 0 Å². The second kappa shape index (κ2) is 8.67. The Morgan fingerprint density at radius 1 is 1.33 bits per heavy atom. The van der Waals surface area contributed by atoms with Crippen LogP contribution in [0.4, 0.5) is 0 Å². The lowest BCUT2D eigenvalue weighted by molar-refractivity contribution is -0.190. The Morgan fingerprint density at radius 2 is 1.92 bits per heavy atom. The van der Waals surface area contributed by atoms with E-state index in [4.69, 9.17) is 18.9 Å². The molecule has 4 nitrogen and oxygen atoms in total. The zero-order valence-corrected chi connectivity index (χ0v) is 7.45. The highest BCUT2D eigenvalue weighted by atomic mass is 16.7. The summed E-state index contributed by atoms with van der Waals surface area (Å²) < 4.78 is 19.8. The Morgan fingerprint density at radius 3 is 2.42 bits per heavy atom. The maximum absolute atomic E-state index is 5.16. The summed E-state index contributed by atoms with van der Waals surface area (Å²) in [5.74, 6) is 0. The van der Waals surface area contributed by atoms with E-state index in [0.29, 0.717) is 26.8 Å². The van der Waals surface area contributed by atoms with Crippen LogP contribution in [-0.4, -0.2) is 40.0 Å². The topological polar surface area (TPSA) is 36.9 Å². The van der Waals surface area contributed by atoms with Crippen LogP contribution in [0.5, 0.6) is 0 Å². The van der Waals surface area contributed by atoms with Gasteiger partial charge in [0.1, 0.15) is 19.7 Å². The molecule has 12 heavy (non-hydrogen) atoms. The third-order valence-corrected chi connectivity index (χ3v) is 1.20. The van der Waals surface area contributed by atoms with Crippen molar-refractivity contribution in [3.8, 4) is 0 Å². The van der Waals surface area contributed by atoms with E-state index in [1.165, 1.54) is 0 Å². The summed E-state index contributed by atoms with van der Waals surface area (Å²) in [6.07, 6.45) is 0.0358. The molecular weight excluding hydrogens is 160 g/mol. The van der Waals surface area contributed by atoms with Crippen molar-refractivity contribution in [2.24, 2.45) is 0 Å². The summed E-state index contributed by atoms with van der Waals surface area (Å²) >= 11 is 0. The fraction of sp³-hybridized carbons (Fsp3) is 0.750. The normalized spacial score (nSPS) is 18.1. The molecule has 0 radical (unpaired) electrons. The second-order valence-electron chi connectivity index (χ2n) is 2.05. The lowest BCUT2D eigenvalue weighted by Crippen LogP contribution is -2.32. The van der Waals surface area contributed by atoms with Crippen LogP contribution in [0.25, 0.3) is 0 Å². The fourth-order valence-electron chi connectivity index (χ4n) is 0.727. The van der Waals surface area contributed by atoms with Crippen LogP contribution in [0.1, 0.15) is 0 Å². The van der Waals surface area contributed by atoms with Gasteiger partial charge in [0.05, 0.1) is 13.2 Å². The Kier molecular flexibility index (Phi) is 8.37. The lowest BCUT2D eigenvalue weighted by Gasteiger charge is -2.21. The third kappa shape index (κ3) is 5.26. The van der Waals surface area contributed by atoms with Gasteiger partial charge >= 0.3 is 0 Å². The zero-order valence-electron chi connectivity index (χ0n) is 7.45. The van der Waals surface area contributed by atoms with Gasteiger partial charge in [0.15, 0.2) is 0 Å². The molecule has 1 aliphatic rings. The van der Waals surface area contributed by atoms with Crippen molar-refractivity contribution in [2.45, 2.75) is 6.10 Å². The summed E-state index contributed by atoms with van der Waals surface area (Å²) in [6.45, 7) is 7.89. The standard InChI is InChI=1S/C6H12O4.C2H4/c1-7-4-10-6-2-8-5-9-3-6;1-2/h6H,2-5H2,1H3;1-2H2. The molecule has 4 heteroatoms. The molecule has 0 spiro atoms. The van der Waals surface area contributed by atoms with E-state index in [0.717, 1.165) is 0 Å². The van der Waals surface area contributed by atoms with Gasteiger partial charge in [-0.1, -0.05) is 0 Å². The quantitative estimate of drug-likeness (QED) is 0.470. The summed E-state index contributed by atoms with van der Waals surface area (Å²) in [7, 11) is 1.59. The Balaban J connectivity index is 0.000000561. The molecule has 1 aliphatic heterocycles. The molecule has 0 bridgehead atoms. The molecule has 1 heterocycles. The van der Waals surface area contributed by atoms with Crippen molar-refractivity contribution < 1.29 is 18.9 Å². The van der Waals surface area contributed by atoms with Crippen LogP contribution >= 0.6 is 0 Å². The summed E-state index contributed by atoms with van der Waals surface area (Å²) in [6, 6.07) is 0. The highest BCUT2D eigenvalue weighted by molar-refractivity contribution is 4.55. The van der Waals surface area contributed by atoms with Gasteiger partial charge in [0.25, 0.3) is 0 Å². The molecule has 1 fully saturated rings. The molecule has 0 aliphatic carbocycles. The van der Waals surface area contributed by atoms with Gasteiger partial charge < -0.3 is 18.9 Å². The SMILES string of the molecule is C=C.COCOC1COCOC1. The number of hydrogen-bond donors (Lipinski definition) is 0. The van der Waals surface area contributed by atoms with Gasteiger partial charge in [0.2, 0.25) is 0 Å². The molecule has 0 atom stereocenters. The van der Waals surface area contributed by atoms with Crippen molar-refractivity contribution in [3.05, 3.63) is 13.2 Å². The predicted molar refractivity (Wildman–Crippen MR) is 44.8 cm³/mol. The number of ether oxygens (including phenoxy) is 4. The van der Waals surface area contributed by atoms with E-state index < -0.39 is 0 Å². The smallest absolute Gasteiger partial charge is 0.146 e. The second-order valence-corrected chi connectivity index (χ2v) is 2.05. The Bertz CT molecular complexity index is 91.1. The minimum Gasteiger partial charge on any atom is -0.359 e. The third-order valence-electron chi connectivity index (χ3n) is 1.20. The van der Waals surface area contributed by atoms with Crippen molar-refractivity contribution in [2.75, 3.05) is 33.9 Å². The molecule has 1 saturated heterocycles. The van der Waals surface area contributed by atoms with Crippen molar-refractivity contribution in [3.63, 3.8) is 0 Å². The number of rotatable bonds is 3. The highest BCUT2D eigenvalue weighted by Crippen LogP contribution is 2.00. The average molecular weight is 176 g/mol. The first kappa shape index (κ1) is 11.6. The predicted octanol–water partition coefficient (Wildman–Crippen LogP) is 0.782. The van der Waals surface area contributed by atoms with Crippen LogP contribution in [0, 0.1) is 0 Å². The van der Waals surface area contributed by atoms with Crippen LogP contribution in [-0.2, 0) is 18.9 Å². The zero-order chi connectivity index (χ0) is 9.23. The molecule has 0 N–H and O–H groups in total. The van der Waals surface area contributed by atoms with Gasteiger partial charge in [-0.05, 0) is 0 Å². The summed E-state index contributed by atoms with van der Waals surface area (Å²) in [5, 5.41) is 0. The summed E-state index contributed by atoms with van der Waals surface area (Å²) in [5.41, 5.74) is 0. The maximum atomic E-state index is 5.16. The average Bonchev–Trinajstić information content (AvgIpc) is 2.19. The molecule has 72 valence electrons. The van der Waals surface area contributed by atoms with Crippen LogP contribution < -0.4 is 0 Å². The van der Waals surface area contributed by atoms with Gasteiger partial charge in [0, 0.05) is 7.11 Å². The van der Waals surface area contributed by atoms with E-state index >= 15 is 0 Å². The molecule has 0 saturated carbocycles. The van der Waals surface area contributed by atoms with Gasteiger partial charge in [-0.25, -0.2) is 0 Å². The van der Waals surface area contributed by atoms with E-state index in [-0.39, 0.29) is 6.10 Å². The fourth-order valence-corrected chi connectivity index (χ4v) is 0.727. The van der Waals surface area contributed by atoms with Gasteiger partial charge in [-0.3, -0.25) is 0 Å². The lowest BCUT2D eigenvalue weighted by atomic mass is 10.4. The summed E-state index contributed by atoms with van der Waals surface area (Å²) in [4.78, 5) is 0. The first-order chi connectivity index (χ1) is 5.93. The molecule has 0 unspecified atom stereocenters. The van der Waals surface area contributed by atoms with Crippen molar-refractivity contribution in [1.29, 1.82) is 0 Å². The van der Waals surface area contributed by atoms with E-state index in [1.54, 1.807) is 7.11 Å². The molecule has 0 aromatic heterocycles. The minimum atomic E-state index is 0.0358. The Hall–Kier alpha value is -0.420. The minimum absolute atomic E-state index is 0.0358. The number of methoxy groups -OCH3 is 1. The van der Waals surface area contributed by atoms with Crippen LogP contribution in [0.15, 0.2) is 13.2 Å². The van der Waals surface area contributed by atoms with Gasteiger partial charge in [-0.2, -0.15) is 0 Å². The van der Waals surface area contributed by atoms with E-state index in [9.17, 15) is 0 Å². The maximum Gasteiger partial charge on any atom is 0.146 e. The molecule has 0 aromatic rings. The highest BCUT2D eigenvalue weighted by Gasteiger charge is 2.13.